The van der Waals surface area contributed by atoms with Crippen LogP contribution in [0.3, 0.4) is 0 Å². The number of nitrogen functional groups attached to an aromatic ring is 1. The average Bonchev–Trinajstić information content (AvgIpc) is 3.28. The molecule has 6 N–H and O–H groups in total. The van der Waals surface area contributed by atoms with E-state index in [2.05, 4.69) is 15.0 Å². The fourth-order valence-corrected chi connectivity index (χ4v) is 3.11. The summed E-state index contributed by atoms with van der Waals surface area (Å²) in [6, 6.07) is 3.73. The molecule has 0 radical (unpaired) electrons. The molecular formula is C15H17N5O4. The maximum Gasteiger partial charge on any atom is 0.164 e. The molecule has 1 aliphatic rings. The number of ether oxygens (including phenoxy) is 1. The third-order valence-electron chi connectivity index (χ3n) is 4.32. The Morgan fingerprint density at radius 1 is 1.29 bits per heavy atom. The molecular weight excluding hydrogens is 314 g/mol. The van der Waals surface area contributed by atoms with E-state index in [1.54, 1.807) is 17.0 Å². The van der Waals surface area contributed by atoms with Gasteiger partial charge in [0.1, 0.15) is 36.1 Å². The number of aliphatic hydroxyl groups excluding tert-OH is 3. The maximum atomic E-state index is 10.3. The standard InChI is InChI=1S/C15H17N5O4/c16-13-10-7(8-2-1-3-17-8)4-20(14(10)19-6-18-13)15-12(23)11(22)9(5-21)24-15/h1-4,6,9,11-12,15,17,21-23H,5H2,(H2,16,18,19)/t9-,11-,12-,15-/m1/s1. The predicted octanol–water partition coefficient (Wildman–Crippen LogP) is -0.380. The zero-order valence-electron chi connectivity index (χ0n) is 12.6. The van der Waals surface area contributed by atoms with E-state index in [1.807, 2.05) is 12.1 Å². The zero-order valence-corrected chi connectivity index (χ0v) is 12.6. The Balaban J connectivity index is 1.90. The topological polar surface area (TPSA) is 142 Å². The largest absolute Gasteiger partial charge is 0.394 e. The molecule has 9 nitrogen and oxygen atoms in total. The van der Waals surface area contributed by atoms with Crippen LogP contribution in [0, 0.1) is 0 Å². The normalized spacial score (nSPS) is 27.1. The van der Waals surface area contributed by atoms with E-state index >= 15 is 0 Å². The summed E-state index contributed by atoms with van der Waals surface area (Å²) >= 11 is 0. The molecule has 3 aromatic heterocycles. The number of anilines is 1. The number of aromatic amines is 1. The Labute approximate surface area is 136 Å². The number of rotatable bonds is 3. The lowest BCUT2D eigenvalue weighted by molar-refractivity contribution is -0.0508. The van der Waals surface area contributed by atoms with Crippen molar-refractivity contribution in [1.29, 1.82) is 0 Å². The smallest absolute Gasteiger partial charge is 0.164 e. The molecule has 4 heterocycles. The Kier molecular flexibility index (Phi) is 3.50. The summed E-state index contributed by atoms with van der Waals surface area (Å²) in [6.45, 7) is -0.394. The first-order valence-corrected chi connectivity index (χ1v) is 7.49. The monoisotopic (exact) mass is 331 g/mol. The number of H-pyrrole nitrogens is 1. The Bertz CT molecular complexity index is 862. The van der Waals surface area contributed by atoms with Crippen molar-refractivity contribution in [2.45, 2.75) is 24.5 Å². The highest BCUT2D eigenvalue weighted by Gasteiger charge is 2.44. The van der Waals surface area contributed by atoms with E-state index in [0.29, 0.717) is 16.9 Å². The number of hydrogen-bond acceptors (Lipinski definition) is 7. The minimum atomic E-state index is -1.20. The van der Waals surface area contributed by atoms with Crippen LogP contribution in [0.5, 0.6) is 0 Å². The van der Waals surface area contributed by atoms with E-state index in [9.17, 15) is 15.3 Å². The van der Waals surface area contributed by atoms with Crippen LogP contribution in [0.4, 0.5) is 5.82 Å². The van der Waals surface area contributed by atoms with Gasteiger partial charge in [0.2, 0.25) is 0 Å². The van der Waals surface area contributed by atoms with Crippen molar-refractivity contribution in [2.24, 2.45) is 0 Å². The SMILES string of the molecule is Nc1ncnc2c1c(-c1ccc[nH]1)cn2[C@@H]1O[C@H](CO)[C@@H](O)[C@H]1O. The molecule has 0 spiro atoms. The molecule has 0 aliphatic carbocycles. The first-order chi connectivity index (χ1) is 11.6. The number of aromatic nitrogens is 4. The number of nitrogens with zero attached hydrogens (tertiary/aromatic N) is 3. The number of fused-ring (bicyclic) bond motifs is 1. The third kappa shape index (κ3) is 2.10. The lowest BCUT2D eigenvalue weighted by atomic mass is 10.1. The summed E-state index contributed by atoms with van der Waals surface area (Å²) < 4.78 is 7.21. The fraction of sp³-hybridized carbons (Fsp3) is 0.333. The van der Waals surface area contributed by atoms with Gasteiger partial charge in [-0.3, -0.25) is 0 Å². The van der Waals surface area contributed by atoms with Crippen LogP contribution < -0.4 is 5.73 Å². The zero-order chi connectivity index (χ0) is 16.8. The molecule has 1 saturated heterocycles. The molecule has 1 aliphatic heterocycles. The lowest BCUT2D eigenvalue weighted by Gasteiger charge is -2.17. The molecule has 4 atom stereocenters. The number of nitrogens with one attached hydrogen (secondary N) is 1. The fourth-order valence-electron chi connectivity index (χ4n) is 3.11. The van der Waals surface area contributed by atoms with Gasteiger partial charge >= 0.3 is 0 Å². The van der Waals surface area contributed by atoms with Gasteiger partial charge in [-0.25, -0.2) is 9.97 Å². The van der Waals surface area contributed by atoms with Gasteiger partial charge in [0.15, 0.2) is 6.23 Å². The van der Waals surface area contributed by atoms with Crippen LogP contribution in [-0.4, -0.2) is 59.8 Å². The molecule has 1 fully saturated rings. The van der Waals surface area contributed by atoms with Crippen molar-refractivity contribution in [3.05, 3.63) is 30.9 Å². The summed E-state index contributed by atoms with van der Waals surface area (Å²) in [4.78, 5) is 11.4. The van der Waals surface area contributed by atoms with Gasteiger partial charge in [0.25, 0.3) is 0 Å². The molecule has 0 bridgehead atoms. The van der Waals surface area contributed by atoms with E-state index in [0.717, 1.165) is 11.3 Å². The van der Waals surface area contributed by atoms with E-state index in [1.165, 1.54) is 6.33 Å². The van der Waals surface area contributed by atoms with Crippen LogP contribution >= 0.6 is 0 Å². The van der Waals surface area contributed by atoms with Gasteiger partial charge in [-0.1, -0.05) is 0 Å². The van der Waals surface area contributed by atoms with Crippen molar-refractivity contribution in [3.8, 4) is 11.3 Å². The van der Waals surface area contributed by atoms with Gasteiger partial charge in [-0.15, -0.1) is 0 Å². The molecule has 0 unspecified atom stereocenters. The molecule has 4 rings (SSSR count). The quantitative estimate of drug-likeness (QED) is 0.440. The highest BCUT2D eigenvalue weighted by Crippen LogP contribution is 2.37. The van der Waals surface area contributed by atoms with E-state index in [4.69, 9.17) is 10.5 Å². The van der Waals surface area contributed by atoms with Crippen molar-refractivity contribution in [3.63, 3.8) is 0 Å². The van der Waals surface area contributed by atoms with Crippen molar-refractivity contribution in [1.82, 2.24) is 19.5 Å². The van der Waals surface area contributed by atoms with Crippen LogP contribution in [0.2, 0.25) is 0 Å². The molecule has 0 aromatic carbocycles. The Morgan fingerprint density at radius 2 is 2.12 bits per heavy atom. The molecule has 24 heavy (non-hydrogen) atoms. The Morgan fingerprint density at radius 3 is 2.79 bits per heavy atom. The first kappa shape index (κ1) is 15.1. The summed E-state index contributed by atoms with van der Waals surface area (Å²) in [7, 11) is 0. The number of aliphatic hydroxyl groups is 3. The predicted molar refractivity (Wildman–Crippen MR) is 84.7 cm³/mol. The minimum absolute atomic E-state index is 0.301. The second-order valence-corrected chi connectivity index (χ2v) is 5.72. The highest BCUT2D eigenvalue weighted by molar-refractivity contribution is 5.99. The van der Waals surface area contributed by atoms with Crippen molar-refractivity contribution in [2.75, 3.05) is 12.3 Å². The number of hydrogen-bond donors (Lipinski definition) is 5. The summed E-state index contributed by atoms with van der Waals surface area (Å²) in [5, 5.41) is 30.2. The van der Waals surface area contributed by atoms with Crippen molar-refractivity contribution >= 4 is 16.9 Å². The Hall–Kier alpha value is -2.46. The van der Waals surface area contributed by atoms with Gasteiger partial charge in [0.05, 0.1) is 12.0 Å². The third-order valence-corrected chi connectivity index (χ3v) is 4.32. The van der Waals surface area contributed by atoms with Gasteiger partial charge < -0.3 is 35.3 Å². The molecule has 0 amide bonds. The molecule has 126 valence electrons. The minimum Gasteiger partial charge on any atom is -0.394 e. The molecule has 9 heteroatoms. The van der Waals surface area contributed by atoms with E-state index < -0.39 is 31.1 Å². The first-order valence-electron chi connectivity index (χ1n) is 7.49. The van der Waals surface area contributed by atoms with Crippen LogP contribution in [-0.2, 0) is 4.74 Å². The molecule has 3 aromatic rings. The molecule has 0 saturated carbocycles. The van der Waals surface area contributed by atoms with Crippen LogP contribution in [0.15, 0.2) is 30.9 Å². The van der Waals surface area contributed by atoms with Gasteiger partial charge in [-0.2, -0.15) is 0 Å². The maximum absolute atomic E-state index is 10.3. The van der Waals surface area contributed by atoms with Gasteiger partial charge in [0, 0.05) is 23.7 Å². The summed E-state index contributed by atoms with van der Waals surface area (Å²) in [5.74, 6) is 0.301. The average molecular weight is 331 g/mol. The highest BCUT2D eigenvalue weighted by atomic mass is 16.6. The second-order valence-electron chi connectivity index (χ2n) is 5.72. The second kappa shape index (κ2) is 5.56. The van der Waals surface area contributed by atoms with Gasteiger partial charge in [-0.05, 0) is 12.1 Å². The van der Waals surface area contributed by atoms with Crippen LogP contribution in [0.1, 0.15) is 6.23 Å². The summed E-state index contributed by atoms with van der Waals surface area (Å²) in [5.41, 5.74) is 8.06. The van der Waals surface area contributed by atoms with E-state index in [-0.39, 0.29) is 0 Å². The van der Waals surface area contributed by atoms with Crippen LogP contribution in [0.25, 0.3) is 22.3 Å². The van der Waals surface area contributed by atoms with Crippen molar-refractivity contribution < 1.29 is 20.1 Å². The number of nitrogens with two attached hydrogens (primary N) is 1. The summed E-state index contributed by atoms with van der Waals surface area (Å²) in [6.07, 6.45) is 0.699. The lowest BCUT2D eigenvalue weighted by Crippen LogP contribution is -2.33.